The summed E-state index contributed by atoms with van der Waals surface area (Å²) in [5, 5.41) is 6.19. The lowest BCUT2D eigenvalue weighted by Crippen LogP contribution is -2.38. The number of rotatable bonds is 5. The topological polar surface area (TPSA) is 56.7 Å². The fraction of sp³-hybridized carbons (Fsp3) is 0.263. The molecule has 0 unspecified atom stereocenters. The zero-order valence-corrected chi connectivity index (χ0v) is 18.5. The Labute approximate surface area is 181 Å². The first-order chi connectivity index (χ1) is 12.5. The number of aliphatic imine (C=N–C) groups is 1. The van der Waals surface area contributed by atoms with E-state index in [0.29, 0.717) is 28.7 Å². The zero-order chi connectivity index (χ0) is 19.1. The van der Waals surface area contributed by atoms with Crippen molar-refractivity contribution in [1.29, 1.82) is 0 Å². The van der Waals surface area contributed by atoms with Gasteiger partial charge in [0.1, 0.15) is 5.82 Å². The van der Waals surface area contributed by atoms with Gasteiger partial charge in [0.25, 0.3) is 5.91 Å². The van der Waals surface area contributed by atoms with Crippen LogP contribution in [0.5, 0.6) is 0 Å². The third kappa shape index (κ3) is 6.35. The van der Waals surface area contributed by atoms with Crippen LogP contribution in [0.2, 0.25) is 5.02 Å². The standard InChI is InChI=1S/C19H22ClFN4O.HI/c1-22-18(26)14-7-4-6-13(10-14)11-24-19(23-2)25(3)12-15-16(20)8-5-9-17(15)21;/h4-10H,11-12H2,1-3H3,(H,22,26)(H,23,24);1H. The van der Waals surface area contributed by atoms with E-state index in [-0.39, 0.29) is 42.2 Å². The van der Waals surface area contributed by atoms with E-state index in [2.05, 4.69) is 15.6 Å². The average molecular weight is 505 g/mol. The van der Waals surface area contributed by atoms with Crippen molar-refractivity contribution >= 4 is 47.4 Å². The van der Waals surface area contributed by atoms with Crippen LogP contribution in [0.4, 0.5) is 4.39 Å². The van der Waals surface area contributed by atoms with Crippen LogP contribution < -0.4 is 10.6 Å². The molecule has 0 saturated carbocycles. The van der Waals surface area contributed by atoms with Crippen LogP contribution in [0.15, 0.2) is 47.5 Å². The normalized spacial score (nSPS) is 10.8. The van der Waals surface area contributed by atoms with Crippen molar-refractivity contribution in [1.82, 2.24) is 15.5 Å². The van der Waals surface area contributed by atoms with Gasteiger partial charge in [0.2, 0.25) is 0 Å². The maximum Gasteiger partial charge on any atom is 0.251 e. The molecule has 2 N–H and O–H groups in total. The number of hydrogen-bond donors (Lipinski definition) is 2. The van der Waals surface area contributed by atoms with E-state index in [1.165, 1.54) is 6.07 Å². The summed E-state index contributed by atoms with van der Waals surface area (Å²) < 4.78 is 14.0. The second kappa shape index (κ2) is 11.1. The molecule has 0 aliphatic carbocycles. The minimum Gasteiger partial charge on any atom is -0.355 e. The van der Waals surface area contributed by atoms with Crippen molar-refractivity contribution in [3.8, 4) is 0 Å². The van der Waals surface area contributed by atoms with Crippen molar-refractivity contribution in [2.75, 3.05) is 21.1 Å². The predicted octanol–water partition coefficient (Wildman–Crippen LogP) is 3.66. The number of amides is 1. The van der Waals surface area contributed by atoms with Crippen LogP contribution in [-0.4, -0.2) is 37.9 Å². The Morgan fingerprint density at radius 1 is 1.26 bits per heavy atom. The van der Waals surface area contributed by atoms with Gasteiger partial charge in [-0.05, 0) is 29.8 Å². The minimum atomic E-state index is -0.349. The molecule has 0 aromatic heterocycles. The highest BCUT2D eigenvalue weighted by molar-refractivity contribution is 14.0. The first kappa shape index (κ1) is 23.2. The Morgan fingerprint density at radius 2 is 1.96 bits per heavy atom. The van der Waals surface area contributed by atoms with Gasteiger partial charge in [0.15, 0.2) is 5.96 Å². The monoisotopic (exact) mass is 504 g/mol. The lowest BCUT2D eigenvalue weighted by atomic mass is 10.1. The quantitative estimate of drug-likeness (QED) is 0.371. The van der Waals surface area contributed by atoms with E-state index in [9.17, 15) is 9.18 Å². The lowest BCUT2D eigenvalue weighted by Gasteiger charge is -2.23. The van der Waals surface area contributed by atoms with Gasteiger partial charge in [0.05, 0.1) is 0 Å². The highest BCUT2D eigenvalue weighted by atomic mass is 127. The van der Waals surface area contributed by atoms with Crippen LogP contribution >= 0.6 is 35.6 Å². The van der Waals surface area contributed by atoms with Crippen molar-refractivity contribution in [2.45, 2.75) is 13.1 Å². The third-order valence-electron chi connectivity index (χ3n) is 3.90. The van der Waals surface area contributed by atoms with Crippen molar-refractivity contribution in [3.05, 3.63) is 70.0 Å². The molecule has 0 heterocycles. The number of guanidine groups is 1. The SMILES string of the molecule is CN=C(NCc1cccc(C(=O)NC)c1)N(C)Cc1c(F)cccc1Cl.I. The summed E-state index contributed by atoms with van der Waals surface area (Å²) in [6, 6.07) is 11.9. The van der Waals surface area contributed by atoms with Crippen molar-refractivity contribution in [2.24, 2.45) is 4.99 Å². The van der Waals surface area contributed by atoms with Gasteiger partial charge in [-0.25, -0.2) is 4.39 Å². The van der Waals surface area contributed by atoms with Gasteiger partial charge in [0, 0.05) is 50.4 Å². The molecule has 27 heavy (non-hydrogen) atoms. The number of nitrogens with one attached hydrogen (secondary N) is 2. The maximum atomic E-state index is 14.0. The number of carbonyl (C=O) groups excluding carboxylic acids is 1. The van der Waals surface area contributed by atoms with E-state index in [0.717, 1.165) is 5.56 Å². The van der Waals surface area contributed by atoms with Crippen LogP contribution in [0.3, 0.4) is 0 Å². The molecule has 146 valence electrons. The summed E-state index contributed by atoms with van der Waals surface area (Å²) in [7, 11) is 5.06. The molecule has 0 fully saturated rings. The van der Waals surface area contributed by atoms with Gasteiger partial charge in [-0.3, -0.25) is 9.79 Å². The average Bonchev–Trinajstić information content (AvgIpc) is 2.65. The fourth-order valence-corrected chi connectivity index (χ4v) is 2.75. The van der Waals surface area contributed by atoms with Crippen LogP contribution in [0.25, 0.3) is 0 Å². The highest BCUT2D eigenvalue weighted by Crippen LogP contribution is 2.20. The number of benzene rings is 2. The number of halogens is 3. The van der Waals surface area contributed by atoms with Gasteiger partial charge in [-0.2, -0.15) is 0 Å². The van der Waals surface area contributed by atoms with E-state index in [4.69, 9.17) is 11.6 Å². The molecule has 0 atom stereocenters. The largest absolute Gasteiger partial charge is 0.355 e. The summed E-state index contributed by atoms with van der Waals surface area (Å²) in [6.07, 6.45) is 0. The van der Waals surface area contributed by atoms with E-state index in [1.807, 2.05) is 18.2 Å². The molecule has 0 radical (unpaired) electrons. The summed E-state index contributed by atoms with van der Waals surface area (Å²) in [6.45, 7) is 0.760. The zero-order valence-electron chi connectivity index (χ0n) is 15.4. The molecule has 8 heteroatoms. The molecule has 0 aliphatic rings. The van der Waals surface area contributed by atoms with E-state index < -0.39 is 0 Å². The highest BCUT2D eigenvalue weighted by Gasteiger charge is 2.13. The van der Waals surface area contributed by atoms with Gasteiger partial charge in [-0.1, -0.05) is 29.8 Å². The Hall–Kier alpha value is -1.87. The first-order valence-corrected chi connectivity index (χ1v) is 8.49. The molecule has 2 aromatic carbocycles. The molecule has 0 spiro atoms. The molecule has 5 nitrogen and oxygen atoms in total. The van der Waals surface area contributed by atoms with Crippen LogP contribution in [0.1, 0.15) is 21.5 Å². The summed E-state index contributed by atoms with van der Waals surface area (Å²) in [4.78, 5) is 17.7. The number of hydrogen-bond acceptors (Lipinski definition) is 2. The first-order valence-electron chi connectivity index (χ1n) is 8.12. The third-order valence-corrected chi connectivity index (χ3v) is 4.25. The molecular weight excluding hydrogens is 482 g/mol. The molecule has 0 saturated heterocycles. The summed E-state index contributed by atoms with van der Waals surface area (Å²) in [5.41, 5.74) is 1.94. The lowest BCUT2D eigenvalue weighted by molar-refractivity contribution is 0.0963. The molecule has 1 amide bonds. The Morgan fingerprint density at radius 3 is 2.59 bits per heavy atom. The Balaban J connectivity index is 0.00000364. The second-order valence-corrected chi connectivity index (χ2v) is 6.14. The van der Waals surface area contributed by atoms with E-state index in [1.54, 1.807) is 44.2 Å². The minimum absolute atomic E-state index is 0. The Kier molecular flexibility index (Phi) is 9.51. The summed E-state index contributed by atoms with van der Waals surface area (Å²) >= 11 is 6.09. The van der Waals surface area contributed by atoms with Gasteiger partial charge in [-0.15, -0.1) is 24.0 Å². The Bertz CT molecular complexity index is 796. The second-order valence-electron chi connectivity index (χ2n) is 5.74. The van der Waals surface area contributed by atoms with Crippen LogP contribution in [-0.2, 0) is 13.1 Å². The van der Waals surface area contributed by atoms with E-state index >= 15 is 0 Å². The fourth-order valence-electron chi connectivity index (χ4n) is 2.53. The molecule has 2 aromatic rings. The molecule has 0 aliphatic heterocycles. The van der Waals surface area contributed by atoms with Crippen molar-refractivity contribution in [3.63, 3.8) is 0 Å². The van der Waals surface area contributed by atoms with Crippen LogP contribution in [0, 0.1) is 5.82 Å². The van der Waals surface area contributed by atoms with Gasteiger partial charge >= 0.3 is 0 Å². The number of carbonyl (C=O) groups is 1. The van der Waals surface area contributed by atoms with Crippen molar-refractivity contribution < 1.29 is 9.18 Å². The van der Waals surface area contributed by atoms with Gasteiger partial charge < -0.3 is 15.5 Å². The predicted molar refractivity (Wildman–Crippen MR) is 118 cm³/mol. The maximum absolute atomic E-state index is 14.0. The number of nitrogens with zero attached hydrogens (tertiary/aromatic N) is 2. The molecule has 0 bridgehead atoms. The molecular formula is C19H23ClFIN4O. The summed E-state index contributed by atoms with van der Waals surface area (Å²) in [5.74, 6) is 0.107. The smallest absolute Gasteiger partial charge is 0.251 e. The molecule has 2 rings (SSSR count).